The number of carbonyl (C=O) groups excluding carboxylic acids is 1. The molecule has 1 unspecified atom stereocenters. The van der Waals surface area contributed by atoms with Crippen LogP contribution in [0.5, 0.6) is 0 Å². The van der Waals surface area contributed by atoms with E-state index in [9.17, 15) is 4.79 Å². The fourth-order valence-corrected chi connectivity index (χ4v) is 3.43. The second-order valence-corrected chi connectivity index (χ2v) is 6.56. The molecule has 3 nitrogen and oxygen atoms in total. The molecule has 0 radical (unpaired) electrons. The molecule has 4 atom stereocenters. The first-order chi connectivity index (χ1) is 7.25. The number of hydrogen-bond donors (Lipinski definition) is 0. The topological polar surface area (TPSA) is 23.6 Å². The third-order valence-corrected chi connectivity index (χ3v) is 4.27. The van der Waals surface area contributed by atoms with Crippen molar-refractivity contribution in [3.63, 3.8) is 0 Å². The molecule has 0 N–H and O–H groups in total. The molecule has 92 valence electrons. The Morgan fingerprint density at radius 1 is 1.31 bits per heavy atom. The lowest BCUT2D eigenvalue weighted by Gasteiger charge is -2.38. The van der Waals surface area contributed by atoms with Gasteiger partial charge in [-0.3, -0.25) is 9.69 Å². The Balaban J connectivity index is 2.02. The van der Waals surface area contributed by atoms with Crippen molar-refractivity contribution in [1.82, 2.24) is 9.80 Å². The van der Waals surface area contributed by atoms with E-state index >= 15 is 0 Å². The summed E-state index contributed by atoms with van der Waals surface area (Å²) in [6, 6.07) is 0.555. The molecule has 0 bridgehead atoms. The van der Waals surface area contributed by atoms with Crippen LogP contribution in [0.4, 0.5) is 0 Å². The van der Waals surface area contributed by atoms with Crippen molar-refractivity contribution in [2.45, 2.75) is 39.3 Å². The predicted molar refractivity (Wildman–Crippen MR) is 65.1 cm³/mol. The van der Waals surface area contributed by atoms with Crippen LogP contribution in [0.2, 0.25) is 0 Å². The van der Waals surface area contributed by atoms with Gasteiger partial charge in [-0.1, -0.05) is 0 Å². The summed E-state index contributed by atoms with van der Waals surface area (Å²) in [5.41, 5.74) is 0.235. The smallest absolute Gasteiger partial charge is 0.225 e. The van der Waals surface area contributed by atoms with Crippen LogP contribution >= 0.6 is 0 Å². The fraction of sp³-hybridized carbons (Fsp3) is 0.923. The predicted octanol–water partition coefficient (Wildman–Crippen LogP) is 1.44. The quantitative estimate of drug-likeness (QED) is 0.673. The Morgan fingerprint density at radius 3 is 2.19 bits per heavy atom. The van der Waals surface area contributed by atoms with Crippen LogP contribution in [0.1, 0.15) is 27.7 Å². The van der Waals surface area contributed by atoms with E-state index in [2.05, 4.69) is 32.6 Å². The summed E-state index contributed by atoms with van der Waals surface area (Å²) in [7, 11) is 3.73. The van der Waals surface area contributed by atoms with Crippen molar-refractivity contribution >= 4 is 5.91 Å². The molecule has 1 amide bonds. The second-order valence-electron chi connectivity index (χ2n) is 6.56. The summed E-state index contributed by atoms with van der Waals surface area (Å²) < 4.78 is 0. The Morgan fingerprint density at radius 2 is 1.88 bits per heavy atom. The van der Waals surface area contributed by atoms with Crippen LogP contribution in [0.25, 0.3) is 0 Å². The zero-order valence-electron chi connectivity index (χ0n) is 11.3. The molecule has 2 aliphatic rings. The first-order valence-corrected chi connectivity index (χ1v) is 6.23. The van der Waals surface area contributed by atoms with Crippen molar-refractivity contribution in [2.75, 3.05) is 20.6 Å². The van der Waals surface area contributed by atoms with Gasteiger partial charge in [0.25, 0.3) is 0 Å². The van der Waals surface area contributed by atoms with E-state index in [4.69, 9.17) is 0 Å². The molecule has 0 spiro atoms. The maximum atomic E-state index is 11.9. The van der Waals surface area contributed by atoms with Gasteiger partial charge in [0.15, 0.2) is 0 Å². The highest BCUT2D eigenvalue weighted by atomic mass is 16.2. The number of nitrogens with zero attached hydrogens (tertiary/aromatic N) is 2. The Kier molecular flexibility index (Phi) is 2.57. The number of fused-ring (bicyclic) bond motifs is 1. The highest BCUT2D eigenvalue weighted by Crippen LogP contribution is 2.57. The molecule has 1 saturated carbocycles. The lowest BCUT2D eigenvalue weighted by molar-refractivity contribution is -0.131. The molecule has 1 heterocycles. The van der Waals surface area contributed by atoms with Gasteiger partial charge in [-0.15, -0.1) is 0 Å². The van der Waals surface area contributed by atoms with Gasteiger partial charge in [-0.25, -0.2) is 0 Å². The van der Waals surface area contributed by atoms with Gasteiger partial charge in [0.1, 0.15) is 0 Å². The van der Waals surface area contributed by atoms with E-state index in [1.165, 1.54) is 0 Å². The average Bonchev–Trinajstić information content (AvgIpc) is 2.74. The molecule has 0 aromatic rings. The lowest BCUT2D eigenvalue weighted by Crippen LogP contribution is -2.47. The van der Waals surface area contributed by atoms with E-state index < -0.39 is 0 Å². The Bertz CT molecular complexity index is 306. The molecular weight excluding hydrogens is 200 g/mol. The van der Waals surface area contributed by atoms with Gasteiger partial charge in [0.05, 0.1) is 0 Å². The van der Waals surface area contributed by atoms with Gasteiger partial charge in [-0.05, 0) is 39.5 Å². The Labute approximate surface area is 98.8 Å². The molecule has 2 fully saturated rings. The number of piperidine rings is 1. The maximum absolute atomic E-state index is 11.9. The largest absolute Gasteiger partial charge is 0.349 e. The standard InChI is InChI=1S/C13H24N2O/c1-8-10-9(7-15(8)13(2,3)4)11(10)12(16)14(5)6/h8-11H,7H2,1-6H3/t8-,9-,10+,11?/m1/s1. The molecule has 1 aliphatic carbocycles. The van der Waals surface area contributed by atoms with Crippen LogP contribution in [0, 0.1) is 17.8 Å². The molecule has 3 heteroatoms. The summed E-state index contributed by atoms with van der Waals surface area (Å²) in [5, 5.41) is 0. The summed E-state index contributed by atoms with van der Waals surface area (Å²) in [4.78, 5) is 16.2. The molecule has 16 heavy (non-hydrogen) atoms. The first kappa shape index (κ1) is 11.9. The van der Waals surface area contributed by atoms with Gasteiger partial charge in [-0.2, -0.15) is 0 Å². The highest BCUT2D eigenvalue weighted by molar-refractivity contribution is 5.82. The maximum Gasteiger partial charge on any atom is 0.225 e. The van der Waals surface area contributed by atoms with Crippen LogP contribution in [-0.4, -0.2) is 47.9 Å². The summed E-state index contributed by atoms with van der Waals surface area (Å²) >= 11 is 0. The summed E-state index contributed by atoms with van der Waals surface area (Å²) in [5.74, 6) is 1.86. The van der Waals surface area contributed by atoms with Crippen molar-refractivity contribution in [2.24, 2.45) is 17.8 Å². The van der Waals surface area contributed by atoms with E-state index in [0.29, 0.717) is 29.7 Å². The van der Waals surface area contributed by atoms with Crippen molar-refractivity contribution in [3.8, 4) is 0 Å². The Hall–Kier alpha value is -0.570. The number of hydrogen-bond acceptors (Lipinski definition) is 2. The van der Waals surface area contributed by atoms with Crippen LogP contribution in [-0.2, 0) is 4.79 Å². The van der Waals surface area contributed by atoms with E-state index in [1.807, 2.05) is 14.1 Å². The SMILES string of the molecule is C[C@@H]1[C@@H]2C(C(=O)N(C)C)[C@@H]2CN1C(C)(C)C. The highest BCUT2D eigenvalue weighted by Gasteiger charge is 2.64. The van der Waals surface area contributed by atoms with Crippen molar-refractivity contribution < 1.29 is 4.79 Å². The molecular formula is C13H24N2O. The molecule has 0 aromatic carbocycles. The lowest BCUT2D eigenvalue weighted by atomic mass is 10.0. The van der Waals surface area contributed by atoms with Crippen LogP contribution in [0.3, 0.4) is 0 Å². The zero-order chi connectivity index (χ0) is 12.2. The average molecular weight is 224 g/mol. The minimum atomic E-state index is 0.235. The second kappa shape index (κ2) is 3.46. The molecule has 1 saturated heterocycles. The van der Waals surface area contributed by atoms with Crippen LogP contribution < -0.4 is 0 Å². The zero-order valence-corrected chi connectivity index (χ0v) is 11.3. The van der Waals surface area contributed by atoms with Gasteiger partial charge in [0, 0.05) is 38.1 Å². The van der Waals surface area contributed by atoms with Crippen molar-refractivity contribution in [3.05, 3.63) is 0 Å². The minimum Gasteiger partial charge on any atom is -0.349 e. The van der Waals surface area contributed by atoms with Crippen molar-refractivity contribution in [1.29, 1.82) is 0 Å². The number of likely N-dealkylation sites (tertiary alicyclic amines) is 1. The summed E-state index contributed by atoms with van der Waals surface area (Å²) in [6.07, 6.45) is 0. The number of carbonyl (C=O) groups is 1. The van der Waals surface area contributed by atoms with Gasteiger partial charge < -0.3 is 4.90 Å². The monoisotopic (exact) mass is 224 g/mol. The molecule has 2 rings (SSSR count). The molecule has 0 aromatic heterocycles. The van der Waals surface area contributed by atoms with Gasteiger partial charge >= 0.3 is 0 Å². The third kappa shape index (κ3) is 1.65. The van der Waals surface area contributed by atoms with Crippen LogP contribution in [0.15, 0.2) is 0 Å². The summed E-state index contributed by atoms with van der Waals surface area (Å²) in [6.45, 7) is 10.2. The fourth-order valence-electron chi connectivity index (χ4n) is 3.43. The minimum absolute atomic E-state index is 0.235. The van der Waals surface area contributed by atoms with E-state index in [-0.39, 0.29) is 5.54 Å². The normalized spacial score (nSPS) is 38.4. The number of rotatable bonds is 1. The third-order valence-electron chi connectivity index (χ3n) is 4.27. The van der Waals surface area contributed by atoms with E-state index in [1.54, 1.807) is 4.90 Å². The molecule has 1 aliphatic heterocycles. The number of amides is 1. The van der Waals surface area contributed by atoms with E-state index in [0.717, 1.165) is 6.54 Å². The first-order valence-electron chi connectivity index (χ1n) is 6.23. The van der Waals surface area contributed by atoms with Gasteiger partial charge in [0.2, 0.25) is 5.91 Å².